The van der Waals surface area contributed by atoms with E-state index in [4.69, 9.17) is 5.11 Å². The Hall–Kier alpha value is -2.42. The van der Waals surface area contributed by atoms with E-state index in [1.54, 1.807) is 18.2 Å². The number of carboxylic acid groups (broad SMARTS) is 1. The highest BCUT2D eigenvalue weighted by Gasteiger charge is 2.07. The number of aryl methyl sites for hydroxylation is 1. The van der Waals surface area contributed by atoms with Gasteiger partial charge in [0.1, 0.15) is 0 Å². The van der Waals surface area contributed by atoms with Crippen molar-refractivity contribution in [1.29, 1.82) is 0 Å². The van der Waals surface area contributed by atoms with Crippen molar-refractivity contribution in [2.24, 2.45) is 0 Å². The summed E-state index contributed by atoms with van der Waals surface area (Å²) >= 11 is 0. The number of carboxylic acids is 1. The lowest BCUT2D eigenvalue weighted by Crippen LogP contribution is -1.95. The Labute approximate surface area is 104 Å². The molecule has 0 aliphatic rings. The molecule has 18 heavy (non-hydrogen) atoms. The van der Waals surface area contributed by atoms with Crippen LogP contribution in [-0.4, -0.2) is 11.1 Å². The summed E-state index contributed by atoms with van der Waals surface area (Å²) in [6.07, 6.45) is 0. The average Bonchev–Trinajstić information content (AvgIpc) is 3.02. The van der Waals surface area contributed by atoms with E-state index < -0.39 is 5.97 Å². The number of aromatic carboxylic acids is 1. The van der Waals surface area contributed by atoms with E-state index in [9.17, 15) is 9.59 Å². The molecule has 0 aliphatic carbocycles. The molecule has 3 aromatic rings. The molecule has 0 amide bonds. The quantitative estimate of drug-likeness (QED) is 0.711. The Morgan fingerprint density at radius 3 is 2.00 bits per heavy atom. The molecular formula is C15H12O3. The lowest BCUT2D eigenvalue weighted by Gasteiger charge is -1.93. The summed E-state index contributed by atoms with van der Waals surface area (Å²) in [5.41, 5.74) is 1.54. The molecule has 3 aromatic carbocycles. The zero-order valence-electron chi connectivity index (χ0n) is 9.88. The summed E-state index contributed by atoms with van der Waals surface area (Å²) < 4.78 is 0. The van der Waals surface area contributed by atoms with Crippen LogP contribution in [0.4, 0.5) is 0 Å². The van der Waals surface area contributed by atoms with Gasteiger partial charge in [0.25, 0.3) is 0 Å². The van der Waals surface area contributed by atoms with E-state index in [0.717, 1.165) is 16.3 Å². The third-order valence-corrected chi connectivity index (χ3v) is 2.62. The van der Waals surface area contributed by atoms with Crippen molar-refractivity contribution in [3.63, 3.8) is 0 Å². The largest absolute Gasteiger partial charge is 0.478 e. The van der Waals surface area contributed by atoms with Crippen LogP contribution in [0.15, 0.2) is 53.3 Å². The van der Waals surface area contributed by atoms with E-state index in [1.807, 2.05) is 37.3 Å². The topological polar surface area (TPSA) is 54.4 Å². The first-order chi connectivity index (χ1) is 8.59. The second kappa shape index (κ2) is 4.84. The van der Waals surface area contributed by atoms with Gasteiger partial charge in [-0.3, -0.25) is 4.79 Å². The van der Waals surface area contributed by atoms with Gasteiger partial charge in [0, 0.05) is 10.8 Å². The van der Waals surface area contributed by atoms with Crippen molar-refractivity contribution in [2.75, 3.05) is 0 Å². The lowest BCUT2D eigenvalue weighted by molar-refractivity contribution is 0.0697. The lowest BCUT2D eigenvalue weighted by atomic mass is 10.1. The van der Waals surface area contributed by atoms with Gasteiger partial charge in [-0.1, -0.05) is 42.0 Å². The van der Waals surface area contributed by atoms with Gasteiger partial charge in [0.2, 0.25) is 0 Å². The minimum atomic E-state index is -0.872. The molecule has 3 rings (SSSR count). The average molecular weight is 240 g/mol. The van der Waals surface area contributed by atoms with E-state index in [1.165, 1.54) is 0 Å². The van der Waals surface area contributed by atoms with Crippen LogP contribution < -0.4 is 5.43 Å². The van der Waals surface area contributed by atoms with Gasteiger partial charge in [0.05, 0.1) is 5.56 Å². The van der Waals surface area contributed by atoms with Crippen LogP contribution >= 0.6 is 0 Å². The Morgan fingerprint density at radius 1 is 1.00 bits per heavy atom. The van der Waals surface area contributed by atoms with E-state index in [-0.39, 0.29) is 5.43 Å². The number of hydrogen-bond donors (Lipinski definition) is 1. The molecule has 3 heteroatoms. The number of hydrogen-bond acceptors (Lipinski definition) is 2. The summed E-state index contributed by atoms with van der Waals surface area (Å²) in [6, 6.07) is 14.3. The zero-order valence-corrected chi connectivity index (χ0v) is 9.88. The Balaban J connectivity index is 0.000000136. The van der Waals surface area contributed by atoms with Gasteiger partial charge in [-0.25, -0.2) is 4.79 Å². The van der Waals surface area contributed by atoms with E-state index in [2.05, 4.69) is 0 Å². The summed E-state index contributed by atoms with van der Waals surface area (Å²) in [5.74, 6) is -0.872. The van der Waals surface area contributed by atoms with Crippen molar-refractivity contribution in [2.45, 2.75) is 6.92 Å². The summed E-state index contributed by atoms with van der Waals surface area (Å²) in [7, 11) is 0. The Kier molecular flexibility index (Phi) is 3.24. The van der Waals surface area contributed by atoms with Gasteiger partial charge in [-0.05, 0) is 19.1 Å². The normalized spacial score (nSPS) is 10.1. The maximum atomic E-state index is 10.5. The molecule has 90 valence electrons. The molecule has 3 nitrogen and oxygen atoms in total. The summed E-state index contributed by atoms with van der Waals surface area (Å²) in [6.45, 7) is 1.87. The SMILES string of the molecule is Cc1cccc(C(=O)O)c1.O=c1c2ccccc12. The standard InChI is InChI=1S/C8H8O2.C7H4O/c1-6-3-2-4-7(5-6)8(9)10;8-7-5-3-1-2-4-6(5)7/h2-5H,1H3,(H,9,10);1-4H. The first-order valence-corrected chi connectivity index (χ1v) is 5.53. The predicted octanol–water partition coefficient (Wildman–Crippen LogP) is 2.77. The zero-order chi connectivity index (χ0) is 13.1. The number of rotatable bonds is 1. The van der Waals surface area contributed by atoms with Crippen LogP contribution in [-0.2, 0) is 0 Å². The van der Waals surface area contributed by atoms with Gasteiger partial charge in [-0.15, -0.1) is 0 Å². The number of carbonyl (C=O) groups is 1. The first kappa shape index (κ1) is 12.0. The van der Waals surface area contributed by atoms with Crippen molar-refractivity contribution < 1.29 is 9.90 Å². The van der Waals surface area contributed by atoms with Crippen LogP contribution in [0.5, 0.6) is 0 Å². The Morgan fingerprint density at radius 2 is 1.61 bits per heavy atom. The maximum Gasteiger partial charge on any atom is 0.335 e. The van der Waals surface area contributed by atoms with Crippen LogP contribution in [0.25, 0.3) is 10.8 Å². The molecule has 0 heterocycles. The van der Waals surface area contributed by atoms with Crippen LogP contribution in [0.2, 0.25) is 0 Å². The summed E-state index contributed by atoms with van der Waals surface area (Å²) in [4.78, 5) is 20.9. The number of fused-ring (bicyclic) bond motifs is 1. The molecule has 1 N–H and O–H groups in total. The smallest absolute Gasteiger partial charge is 0.335 e. The minimum Gasteiger partial charge on any atom is -0.478 e. The molecule has 0 saturated carbocycles. The van der Waals surface area contributed by atoms with Crippen LogP contribution in [0.3, 0.4) is 0 Å². The minimum absolute atomic E-state index is 0.218. The third kappa shape index (κ3) is 2.63. The molecule has 0 radical (unpaired) electrons. The van der Waals surface area contributed by atoms with Gasteiger partial charge in [0.15, 0.2) is 5.43 Å². The molecule has 0 fully saturated rings. The molecule has 0 bridgehead atoms. The summed E-state index contributed by atoms with van der Waals surface area (Å²) in [5, 5.41) is 10.3. The second-order valence-electron chi connectivity index (χ2n) is 4.05. The molecule has 0 spiro atoms. The van der Waals surface area contributed by atoms with E-state index in [0.29, 0.717) is 5.56 Å². The molecule has 0 unspecified atom stereocenters. The Bertz CT molecular complexity index is 672. The highest BCUT2D eigenvalue weighted by molar-refractivity contribution is 5.97. The fourth-order valence-electron chi connectivity index (χ4n) is 1.61. The van der Waals surface area contributed by atoms with Crippen LogP contribution in [0.1, 0.15) is 15.9 Å². The van der Waals surface area contributed by atoms with E-state index >= 15 is 0 Å². The third-order valence-electron chi connectivity index (χ3n) is 2.62. The van der Waals surface area contributed by atoms with Crippen LogP contribution in [0, 0.1) is 6.92 Å². The monoisotopic (exact) mass is 240 g/mol. The highest BCUT2D eigenvalue weighted by Crippen LogP contribution is 2.11. The predicted molar refractivity (Wildman–Crippen MR) is 70.7 cm³/mol. The molecule has 0 aliphatic heterocycles. The van der Waals surface area contributed by atoms with Crippen molar-refractivity contribution in [3.05, 3.63) is 69.9 Å². The molecular weight excluding hydrogens is 228 g/mol. The van der Waals surface area contributed by atoms with Gasteiger partial charge < -0.3 is 5.11 Å². The second-order valence-corrected chi connectivity index (χ2v) is 4.05. The van der Waals surface area contributed by atoms with Gasteiger partial charge in [-0.2, -0.15) is 0 Å². The molecule has 0 aromatic heterocycles. The number of benzene rings is 2. The van der Waals surface area contributed by atoms with Crippen molar-refractivity contribution in [1.82, 2.24) is 0 Å². The molecule has 0 atom stereocenters. The fraction of sp³-hybridized carbons (Fsp3) is 0.0667. The van der Waals surface area contributed by atoms with Crippen molar-refractivity contribution >= 4 is 16.7 Å². The maximum absolute atomic E-state index is 10.5. The van der Waals surface area contributed by atoms with Gasteiger partial charge >= 0.3 is 5.97 Å². The first-order valence-electron chi connectivity index (χ1n) is 5.53. The molecule has 0 saturated heterocycles. The highest BCUT2D eigenvalue weighted by atomic mass is 16.4. The van der Waals surface area contributed by atoms with Crippen molar-refractivity contribution in [3.8, 4) is 0 Å². The fourth-order valence-corrected chi connectivity index (χ4v) is 1.61.